The summed E-state index contributed by atoms with van der Waals surface area (Å²) in [6, 6.07) is 7.40. The molecule has 0 amide bonds. The minimum Gasteiger partial charge on any atom is -0.384 e. The van der Waals surface area contributed by atoms with Gasteiger partial charge in [0.05, 0.1) is 24.1 Å². The number of carbonyl (C=O) groups excluding carboxylic acids is 1. The largest absolute Gasteiger partial charge is 0.384 e. The fourth-order valence-electron chi connectivity index (χ4n) is 2.34. The second kappa shape index (κ2) is 7.80. The molecule has 122 valence electrons. The maximum atomic E-state index is 12.6. The van der Waals surface area contributed by atoms with Crippen LogP contribution in [-0.2, 0) is 11.3 Å². The lowest BCUT2D eigenvalue weighted by Crippen LogP contribution is -2.26. The van der Waals surface area contributed by atoms with E-state index in [2.05, 4.69) is 5.16 Å². The Kier molecular flexibility index (Phi) is 5.78. The fraction of sp³-hybridized carbons (Fsp3) is 0.353. The molecule has 2 rings (SSSR count). The summed E-state index contributed by atoms with van der Waals surface area (Å²) in [6.07, 6.45) is 2.02. The third-order valence-corrected chi connectivity index (χ3v) is 3.78. The van der Waals surface area contributed by atoms with Crippen LogP contribution in [0, 0.1) is 11.3 Å². The van der Waals surface area contributed by atoms with E-state index < -0.39 is 0 Å². The van der Waals surface area contributed by atoms with Gasteiger partial charge in [0, 0.05) is 25.1 Å². The van der Waals surface area contributed by atoms with E-state index in [4.69, 9.17) is 20.4 Å². The Hall–Kier alpha value is -2.31. The molecule has 3 N–H and O–H groups in total. The van der Waals surface area contributed by atoms with Gasteiger partial charge in [0.15, 0.2) is 5.76 Å². The molecule has 0 aliphatic carbocycles. The zero-order valence-corrected chi connectivity index (χ0v) is 13.3. The molecular formula is C17H21N3O3. The summed E-state index contributed by atoms with van der Waals surface area (Å²) in [5.41, 5.74) is 7.61. The van der Waals surface area contributed by atoms with Crippen LogP contribution in [0.2, 0.25) is 0 Å². The summed E-state index contributed by atoms with van der Waals surface area (Å²) in [7, 11) is 1.56. The summed E-state index contributed by atoms with van der Waals surface area (Å²) in [5.74, 6) is -0.251. The van der Waals surface area contributed by atoms with Gasteiger partial charge in [-0.05, 0) is 12.0 Å². The van der Waals surface area contributed by atoms with Crippen molar-refractivity contribution in [2.45, 2.75) is 19.9 Å². The topological polar surface area (TPSA) is 102 Å². The lowest BCUT2D eigenvalue weighted by molar-refractivity contribution is 0.104. The van der Waals surface area contributed by atoms with Crippen molar-refractivity contribution in [3.63, 3.8) is 0 Å². The van der Waals surface area contributed by atoms with Gasteiger partial charge in [-0.25, -0.2) is 0 Å². The normalized spacial score (nSPS) is 12.1. The molecule has 1 heterocycles. The highest BCUT2D eigenvalue weighted by molar-refractivity contribution is 6.46. The molecule has 0 saturated carbocycles. The summed E-state index contributed by atoms with van der Waals surface area (Å²) >= 11 is 0. The van der Waals surface area contributed by atoms with Crippen molar-refractivity contribution in [1.29, 1.82) is 5.41 Å². The first-order chi connectivity index (χ1) is 11.1. The van der Waals surface area contributed by atoms with Crippen LogP contribution in [0.3, 0.4) is 0 Å². The van der Waals surface area contributed by atoms with E-state index in [1.165, 1.54) is 6.20 Å². The second-order valence-electron chi connectivity index (χ2n) is 5.27. The minimum absolute atomic E-state index is 0.0115. The summed E-state index contributed by atoms with van der Waals surface area (Å²) in [6.45, 7) is 2.71. The van der Waals surface area contributed by atoms with Crippen molar-refractivity contribution in [2.75, 3.05) is 13.7 Å². The van der Waals surface area contributed by atoms with Crippen LogP contribution in [0.5, 0.6) is 0 Å². The van der Waals surface area contributed by atoms with Gasteiger partial charge >= 0.3 is 0 Å². The first kappa shape index (κ1) is 17.1. The van der Waals surface area contributed by atoms with E-state index in [-0.39, 0.29) is 17.4 Å². The van der Waals surface area contributed by atoms with Gasteiger partial charge in [-0.1, -0.05) is 36.3 Å². The van der Waals surface area contributed by atoms with E-state index in [9.17, 15) is 4.79 Å². The molecule has 0 radical (unpaired) electrons. The molecule has 1 aromatic carbocycles. The summed E-state index contributed by atoms with van der Waals surface area (Å²) < 4.78 is 10.3. The Labute approximate surface area is 135 Å². The lowest BCUT2D eigenvalue weighted by atomic mass is 9.93. The van der Waals surface area contributed by atoms with Crippen LogP contribution in [0.1, 0.15) is 29.3 Å². The van der Waals surface area contributed by atoms with E-state index in [1.807, 2.05) is 31.2 Å². The average Bonchev–Trinajstić information content (AvgIpc) is 3.08. The summed E-state index contributed by atoms with van der Waals surface area (Å²) in [4.78, 5) is 12.6. The predicted molar refractivity (Wildman–Crippen MR) is 87.5 cm³/mol. The number of Topliss-reactive ketones (excluding diaryl/α,β-unsaturated/α-hetero) is 1. The third kappa shape index (κ3) is 3.72. The van der Waals surface area contributed by atoms with E-state index in [0.29, 0.717) is 30.9 Å². The number of nitrogens with zero attached hydrogens (tertiary/aromatic N) is 1. The SMILES string of the molecule is CCC(COC)C(=N)C(=O)c1cnoc1-c1ccc(CN)cc1. The van der Waals surface area contributed by atoms with Crippen molar-refractivity contribution in [3.05, 3.63) is 41.6 Å². The Morgan fingerprint density at radius 2 is 2.09 bits per heavy atom. The zero-order valence-electron chi connectivity index (χ0n) is 13.3. The lowest BCUT2D eigenvalue weighted by Gasteiger charge is -2.13. The van der Waals surface area contributed by atoms with Gasteiger partial charge in [0.2, 0.25) is 5.78 Å². The summed E-state index contributed by atoms with van der Waals surface area (Å²) in [5, 5.41) is 11.9. The number of carbonyl (C=O) groups is 1. The Morgan fingerprint density at radius 3 is 2.65 bits per heavy atom. The second-order valence-corrected chi connectivity index (χ2v) is 5.27. The fourth-order valence-corrected chi connectivity index (χ4v) is 2.34. The van der Waals surface area contributed by atoms with Crippen molar-refractivity contribution in [2.24, 2.45) is 11.7 Å². The molecule has 0 spiro atoms. The van der Waals surface area contributed by atoms with Crippen molar-refractivity contribution >= 4 is 11.5 Å². The number of nitrogens with one attached hydrogen (secondary N) is 1. The molecule has 1 atom stereocenters. The van der Waals surface area contributed by atoms with E-state index in [0.717, 1.165) is 11.1 Å². The first-order valence-electron chi connectivity index (χ1n) is 7.48. The molecule has 0 saturated heterocycles. The highest BCUT2D eigenvalue weighted by Gasteiger charge is 2.26. The van der Waals surface area contributed by atoms with Crippen LogP contribution in [0.4, 0.5) is 0 Å². The number of ether oxygens (including phenoxy) is 1. The Morgan fingerprint density at radius 1 is 1.39 bits per heavy atom. The van der Waals surface area contributed by atoms with E-state index in [1.54, 1.807) is 7.11 Å². The van der Waals surface area contributed by atoms with Gasteiger partial charge in [-0.15, -0.1) is 0 Å². The maximum absolute atomic E-state index is 12.6. The van der Waals surface area contributed by atoms with Crippen molar-refractivity contribution in [3.8, 4) is 11.3 Å². The number of nitrogens with two attached hydrogens (primary N) is 1. The number of benzene rings is 1. The van der Waals surface area contributed by atoms with Crippen LogP contribution >= 0.6 is 0 Å². The molecule has 0 aliphatic heterocycles. The quantitative estimate of drug-likeness (QED) is 0.576. The minimum atomic E-state index is -0.381. The van der Waals surface area contributed by atoms with Crippen molar-refractivity contribution < 1.29 is 14.1 Å². The Balaban J connectivity index is 2.29. The molecule has 23 heavy (non-hydrogen) atoms. The molecule has 2 aromatic rings. The smallest absolute Gasteiger partial charge is 0.212 e. The number of hydrogen-bond donors (Lipinski definition) is 2. The molecule has 1 unspecified atom stereocenters. The highest BCUT2D eigenvalue weighted by atomic mass is 16.5. The molecule has 6 heteroatoms. The standard InChI is InChI=1S/C17H21N3O3/c1-3-12(10-22-2)15(19)16(21)14-9-20-23-17(14)13-6-4-11(8-18)5-7-13/h4-7,9,12,19H,3,8,10,18H2,1-2H3. The van der Waals surface area contributed by atoms with Gasteiger partial charge in [-0.2, -0.15) is 0 Å². The Bertz CT molecular complexity index is 677. The van der Waals surface area contributed by atoms with E-state index >= 15 is 0 Å². The predicted octanol–water partition coefficient (Wildman–Crippen LogP) is 2.68. The zero-order chi connectivity index (χ0) is 16.8. The molecule has 6 nitrogen and oxygen atoms in total. The van der Waals surface area contributed by atoms with Gasteiger partial charge in [-0.3, -0.25) is 4.79 Å². The van der Waals surface area contributed by atoms with Crippen LogP contribution in [0.15, 0.2) is 35.0 Å². The van der Waals surface area contributed by atoms with Crippen LogP contribution in [0.25, 0.3) is 11.3 Å². The number of rotatable bonds is 8. The molecule has 0 fully saturated rings. The van der Waals surface area contributed by atoms with Gasteiger partial charge in [0.25, 0.3) is 0 Å². The maximum Gasteiger partial charge on any atom is 0.212 e. The number of methoxy groups -OCH3 is 1. The van der Waals surface area contributed by atoms with Gasteiger partial charge < -0.3 is 20.4 Å². The van der Waals surface area contributed by atoms with Crippen LogP contribution in [-0.4, -0.2) is 30.4 Å². The molecule has 0 bridgehead atoms. The van der Waals surface area contributed by atoms with Gasteiger partial charge in [0.1, 0.15) is 0 Å². The highest BCUT2D eigenvalue weighted by Crippen LogP contribution is 2.25. The number of hydrogen-bond acceptors (Lipinski definition) is 6. The molecular weight excluding hydrogens is 294 g/mol. The number of ketones is 1. The third-order valence-electron chi connectivity index (χ3n) is 3.78. The van der Waals surface area contributed by atoms with Crippen molar-refractivity contribution in [1.82, 2.24) is 5.16 Å². The average molecular weight is 315 g/mol. The first-order valence-corrected chi connectivity index (χ1v) is 7.48. The molecule has 0 aliphatic rings. The molecule has 1 aromatic heterocycles. The monoisotopic (exact) mass is 315 g/mol. The van der Waals surface area contributed by atoms with Crippen LogP contribution < -0.4 is 5.73 Å². The number of aromatic nitrogens is 1.